The van der Waals surface area contributed by atoms with Gasteiger partial charge in [-0.25, -0.2) is 9.97 Å². The van der Waals surface area contributed by atoms with E-state index in [4.69, 9.17) is 34.8 Å². The molecule has 0 bridgehead atoms. The summed E-state index contributed by atoms with van der Waals surface area (Å²) in [6.45, 7) is 2.02. The van der Waals surface area contributed by atoms with Crippen molar-refractivity contribution >= 4 is 57.4 Å². The third-order valence-corrected chi connectivity index (χ3v) is 4.50. The molecule has 0 aliphatic rings. The summed E-state index contributed by atoms with van der Waals surface area (Å²) < 4.78 is 0.883. The molecule has 0 spiro atoms. The van der Waals surface area contributed by atoms with E-state index in [-0.39, 0.29) is 0 Å². The number of hydrogen-bond donors (Lipinski definition) is 0. The third kappa shape index (κ3) is 3.07. The third-order valence-electron chi connectivity index (χ3n) is 2.34. The minimum atomic E-state index is 0.452. The summed E-state index contributed by atoms with van der Waals surface area (Å²) in [5, 5.41) is 1.55. The Morgan fingerprint density at radius 2 is 1.67 bits per heavy atom. The Bertz CT molecular complexity index is 582. The van der Waals surface area contributed by atoms with Crippen molar-refractivity contribution in [2.45, 2.75) is 13.3 Å². The van der Waals surface area contributed by atoms with Crippen LogP contribution in [0.4, 0.5) is 0 Å². The molecule has 18 heavy (non-hydrogen) atoms. The van der Waals surface area contributed by atoms with Crippen molar-refractivity contribution in [3.05, 3.63) is 42.7 Å². The van der Waals surface area contributed by atoms with Crippen molar-refractivity contribution in [1.82, 2.24) is 9.97 Å². The predicted octanol–water partition coefficient (Wildman–Crippen LogP) is 5.27. The molecule has 0 saturated heterocycles. The highest BCUT2D eigenvalue weighted by molar-refractivity contribution is 14.1. The Labute approximate surface area is 134 Å². The molecule has 0 aliphatic carbocycles. The zero-order valence-corrected chi connectivity index (χ0v) is 13.8. The molecular formula is C12H8Cl3IN2. The van der Waals surface area contributed by atoms with E-state index in [0.29, 0.717) is 21.0 Å². The van der Waals surface area contributed by atoms with E-state index in [1.165, 1.54) is 0 Å². The van der Waals surface area contributed by atoms with Gasteiger partial charge in [0, 0.05) is 15.6 Å². The summed E-state index contributed by atoms with van der Waals surface area (Å²) in [6, 6.07) is 5.21. The lowest BCUT2D eigenvalue weighted by atomic mass is 10.2. The van der Waals surface area contributed by atoms with Crippen LogP contribution in [0.2, 0.25) is 15.2 Å². The summed E-state index contributed by atoms with van der Waals surface area (Å²) in [4.78, 5) is 8.75. The van der Waals surface area contributed by atoms with E-state index in [1.54, 1.807) is 18.2 Å². The molecule has 0 atom stereocenters. The Morgan fingerprint density at radius 1 is 1.06 bits per heavy atom. The highest BCUT2D eigenvalue weighted by atomic mass is 127. The van der Waals surface area contributed by atoms with Gasteiger partial charge in [0.2, 0.25) is 0 Å². The number of nitrogens with zero attached hydrogens (tertiary/aromatic N) is 2. The average Bonchev–Trinajstić information content (AvgIpc) is 2.31. The van der Waals surface area contributed by atoms with Crippen molar-refractivity contribution in [2.24, 2.45) is 0 Å². The molecule has 0 aliphatic heterocycles. The number of aryl methyl sites for hydroxylation is 1. The second-order valence-electron chi connectivity index (χ2n) is 3.61. The average molecular weight is 413 g/mol. The highest BCUT2D eigenvalue weighted by Crippen LogP contribution is 2.28. The van der Waals surface area contributed by atoms with Crippen LogP contribution >= 0.6 is 57.4 Å². The second-order valence-corrected chi connectivity index (χ2v) is 5.92. The fourth-order valence-electron chi connectivity index (χ4n) is 1.51. The van der Waals surface area contributed by atoms with Gasteiger partial charge < -0.3 is 0 Å². The zero-order chi connectivity index (χ0) is 13.3. The van der Waals surface area contributed by atoms with Gasteiger partial charge >= 0.3 is 0 Å². The van der Waals surface area contributed by atoms with Crippen molar-refractivity contribution in [3.63, 3.8) is 0 Å². The number of benzene rings is 1. The van der Waals surface area contributed by atoms with Crippen LogP contribution in [0.1, 0.15) is 12.6 Å². The minimum absolute atomic E-state index is 0.452. The van der Waals surface area contributed by atoms with Crippen LogP contribution in [-0.4, -0.2) is 9.97 Å². The highest BCUT2D eigenvalue weighted by Gasteiger charge is 2.11. The van der Waals surface area contributed by atoms with Gasteiger partial charge in [0.25, 0.3) is 0 Å². The fourth-order valence-corrected chi connectivity index (χ4v) is 2.85. The van der Waals surface area contributed by atoms with Crippen LogP contribution in [0.5, 0.6) is 0 Å². The van der Waals surface area contributed by atoms with E-state index in [9.17, 15) is 0 Å². The maximum atomic E-state index is 6.10. The lowest BCUT2D eigenvalue weighted by molar-refractivity contribution is 0.989. The number of hydrogen-bond acceptors (Lipinski definition) is 2. The molecule has 0 amide bonds. The van der Waals surface area contributed by atoms with Gasteiger partial charge in [-0.1, -0.05) is 41.7 Å². The van der Waals surface area contributed by atoms with Crippen LogP contribution in [0, 0.1) is 3.57 Å². The molecule has 2 rings (SSSR count). The molecule has 0 N–H and O–H groups in total. The first-order valence-electron chi connectivity index (χ1n) is 5.19. The molecular weight excluding hydrogens is 405 g/mol. The van der Waals surface area contributed by atoms with Crippen molar-refractivity contribution in [2.75, 3.05) is 0 Å². The van der Waals surface area contributed by atoms with Crippen LogP contribution in [0.15, 0.2) is 18.2 Å². The van der Waals surface area contributed by atoms with Gasteiger partial charge in [0.15, 0.2) is 5.82 Å². The van der Waals surface area contributed by atoms with E-state index >= 15 is 0 Å². The van der Waals surface area contributed by atoms with E-state index in [0.717, 1.165) is 21.2 Å². The lowest BCUT2D eigenvalue weighted by Gasteiger charge is -2.07. The van der Waals surface area contributed by atoms with Gasteiger partial charge in [-0.15, -0.1) is 0 Å². The molecule has 94 valence electrons. The van der Waals surface area contributed by atoms with Crippen LogP contribution < -0.4 is 0 Å². The monoisotopic (exact) mass is 412 g/mol. The SMILES string of the molecule is CCc1nc(-c2cc(Cl)cc(Cl)c2)nc(Cl)c1I. The Hall–Kier alpha value is -0.100. The van der Waals surface area contributed by atoms with Gasteiger partial charge in [-0.2, -0.15) is 0 Å². The van der Waals surface area contributed by atoms with Crippen LogP contribution in [0.25, 0.3) is 11.4 Å². The molecule has 0 unspecified atom stereocenters. The maximum Gasteiger partial charge on any atom is 0.161 e. The van der Waals surface area contributed by atoms with Crippen LogP contribution in [0.3, 0.4) is 0 Å². The van der Waals surface area contributed by atoms with Gasteiger partial charge in [-0.3, -0.25) is 0 Å². The molecule has 1 aromatic heterocycles. The molecule has 2 aromatic rings. The first-order valence-corrected chi connectivity index (χ1v) is 7.41. The Balaban J connectivity index is 2.60. The smallest absolute Gasteiger partial charge is 0.161 e. The lowest BCUT2D eigenvalue weighted by Crippen LogP contribution is -1.99. The summed E-state index contributed by atoms with van der Waals surface area (Å²) in [6.07, 6.45) is 0.793. The summed E-state index contributed by atoms with van der Waals surface area (Å²) in [5.41, 5.74) is 1.68. The number of aromatic nitrogens is 2. The number of halogens is 4. The molecule has 1 aromatic carbocycles. The van der Waals surface area contributed by atoms with Crippen molar-refractivity contribution < 1.29 is 0 Å². The molecule has 0 saturated carbocycles. The molecule has 0 radical (unpaired) electrons. The topological polar surface area (TPSA) is 25.8 Å². The maximum absolute atomic E-state index is 6.10. The second kappa shape index (κ2) is 5.90. The molecule has 1 heterocycles. The largest absolute Gasteiger partial charge is 0.232 e. The number of rotatable bonds is 2. The van der Waals surface area contributed by atoms with E-state index in [2.05, 4.69) is 32.6 Å². The van der Waals surface area contributed by atoms with Gasteiger partial charge in [0.05, 0.1) is 9.26 Å². The quantitative estimate of drug-likeness (QED) is 0.495. The Kier molecular flexibility index (Phi) is 4.69. The standard InChI is InChI=1S/C12H8Cl3IN2/c1-2-9-10(16)11(15)18-12(17-9)6-3-7(13)5-8(14)4-6/h3-5H,2H2,1H3. The van der Waals surface area contributed by atoms with Gasteiger partial charge in [-0.05, 0) is 47.2 Å². The fraction of sp³-hybridized carbons (Fsp3) is 0.167. The van der Waals surface area contributed by atoms with E-state index < -0.39 is 0 Å². The molecule has 2 nitrogen and oxygen atoms in total. The first-order chi connectivity index (χ1) is 8.51. The molecule has 6 heteroatoms. The van der Waals surface area contributed by atoms with Crippen LogP contribution in [-0.2, 0) is 6.42 Å². The first kappa shape index (κ1) is 14.3. The normalized spacial score (nSPS) is 10.7. The zero-order valence-electron chi connectivity index (χ0n) is 9.35. The molecule has 0 fully saturated rings. The summed E-state index contributed by atoms with van der Waals surface area (Å²) >= 11 is 20.2. The predicted molar refractivity (Wildman–Crippen MR) is 84.6 cm³/mol. The van der Waals surface area contributed by atoms with Crippen molar-refractivity contribution in [3.8, 4) is 11.4 Å². The summed E-state index contributed by atoms with van der Waals surface area (Å²) in [5.74, 6) is 0.543. The van der Waals surface area contributed by atoms with Crippen molar-refractivity contribution in [1.29, 1.82) is 0 Å². The summed E-state index contributed by atoms with van der Waals surface area (Å²) in [7, 11) is 0. The minimum Gasteiger partial charge on any atom is -0.232 e. The Morgan fingerprint density at radius 3 is 2.22 bits per heavy atom. The van der Waals surface area contributed by atoms with E-state index in [1.807, 2.05) is 6.92 Å². The van der Waals surface area contributed by atoms with Gasteiger partial charge in [0.1, 0.15) is 5.15 Å².